The lowest BCUT2D eigenvalue weighted by atomic mass is 9.99. The summed E-state index contributed by atoms with van der Waals surface area (Å²) in [5.74, 6) is -1.27. The molecule has 11 heteroatoms. The first kappa shape index (κ1) is 75.1. The lowest BCUT2D eigenvalue weighted by Crippen LogP contribution is -2.61. The Labute approximate surface area is 490 Å². The van der Waals surface area contributed by atoms with E-state index in [2.05, 4.69) is 32.2 Å². The zero-order valence-corrected chi connectivity index (χ0v) is 51.4. The summed E-state index contributed by atoms with van der Waals surface area (Å²) in [7, 11) is 0. The standard InChI is InChI=1S/C69H123NO10/c1-4-7-10-13-16-19-22-25-26-27-28-29-30-31-32-33-34-35-36-37-39-41-44-47-50-53-56-62(73)68(77)70-60(61(72)55-52-49-46-43-40-24-21-18-15-12-9-6-3)59-78-69-67(66(76)65(75)63(58-71)79-69)80-64(74)57-54-51-48-45-42-38-23-20-17-14-11-8-5-2/h8,11,14,17,20,23,38,42,45,48,52,55,60-63,65-67,69,71-73,75-76H,4-7,9-10,12-13,15-16,18-19,21-22,24-37,39-41,43-44,46-47,49-51,53-54,56-59H2,1-3H3,(H,70,77)/b11-8+,17-14+,23-20-,42-38-,48-45+,55-52+. The number of amides is 1. The molecule has 0 aromatic carbocycles. The van der Waals surface area contributed by atoms with E-state index >= 15 is 0 Å². The van der Waals surface area contributed by atoms with E-state index in [1.807, 2.05) is 60.8 Å². The molecular formula is C69H123NO10. The number of aliphatic hydroxyl groups is 5. The Morgan fingerprint density at radius 1 is 0.500 bits per heavy atom. The van der Waals surface area contributed by atoms with Crippen molar-refractivity contribution in [3.05, 3.63) is 72.9 Å². The summed E-state index contributed by atoms with van der Waals surface area (Å²) in [6.45, 7) is 5.62. The molecule has 0 bridgehead atoms. The van der Waals surface area contributed by atoms with Crippen molar-refractivity contribution >= 4 is 11.9 Å². The molecule has 6 N–H and O–H groups in total. The fraction of sp³-hybridized carbons (Fsp3) is 0.797. The molecule has 0 aromatic heterocycles. The molecule has 1 aliphatic rings. The van der Waals surface area contributed by atoms with E-state index in [1.54, 1.807) is 6.08 Å². The molecule has 1 rings (SSSR count). The van der Waals surface area contributed by atoms with Crippen molar-refractivity contribution in [3.8, 4) is 0 Å². The molecular weight excluding hydrogens is 1000 g/mol. The smallest absolute Gasteiger partial charge is 0.306 e. The lowest BCUT2D eigenvalue weighted by molar-refractivity contribution is -0.305. The predicted molar refractivity (Wildman–Crippen MR) is 333 cm³/mol. The summed E-state index contributed by atoms with van der Waals surface area (Å²) < 4.78 is 17.5. The normalized spacial score (nSPS) is 19.2. The van der Waals surface area contributed by atoms with Gasteiger partial charge in [-0.2, -0.15) is 0 Å². The van der Waals surface area contributed by atoms with Crippen molar-refractivity contribution in [2.45, 2.75) is 339 Å². The number of aliphatic hydroxyl groups excluding tert-OH is 5. The summed E-state index contributed by atoms with van der Waals surface area (Å²) in [4.78, 5) is 26.5. The van der Waals surface area contributed by atoms with Crippen LogP contribution in [0, 0.1) is 0 Å². The molecule has 8 atom stereocenters. The summed E-state index contributed by atoms with van der Waals surface area (Å²) in [5.41, 5.74) is 0. The molecule has 1 heterocycles. The zero-order chi connectivity index (χ0) is 58.2. The molecule has 1 amide bonds. The Morgan fingerprint density at radius 2 is 0.900 bits per heavy atom. The first-order valence-electron chi connectivity index (χ1n) is 33.3. The van der Waals surface area contributed by atoms with Crippen molar-refractivity contribution in [2.24, 2.45) is 0 Å². The summed E-state index contributed by atoms with van der Waals surface area (Å²) >= 11 is 0. The van der Waals surface area contributed by atoms with Crippen molar-refractivity contribution in [2.75, 3.05) is 13.2 Å². The van der Waals surface area contributed by atoms with Crippen LogP contribution < -0.4 is 5.32 Å². The van der Waals surface area contributed by atoms with E-state index in [0.29, 0.717) is 19.3 Å². The van der Waals surface area contributed by atoms with Crippen LogP contribution in [0.3, 0.4) is 0 Å². The van der Waals surface area contributed by atoms with Gasteiger partial charge in [-0.15, -0.1) is 0 Å². The van der Waals surface area contributed by atoms with Crippen molar-refractivity contribution in [1.82, 2.24) is 5.32 Å². The third kappa shape index (κ3) is 43.7. The molecule has 0 aromatic rings. The second-order valence-corrected chi connectivity index (χ2v) is 23.0. The quantitative estimate of drug-likeness (QED) is 0.0149. The number of nitrogens with one attached hydrogen (secondary N) is 1. The maximum absolute atomic E-state index is 13.5. The number of allylic oxidation sites excluding steroid dienone is 11. The number of hydrogen-bond acceptors (Lipinski definition) is 10. The molecule has 1 fully saturated rings. The number of carbonyl (C=O) groups excluding carboxylic acids is 2. The van der Waals surface area contributed by atoms with Gasteiger partial charge in [-0.05, 0) is 38.5 Å². The average Bonchev–Trinajstić information content (AvgIpc) is 3.45. The second kappa shape index (κ2) is 56.6. The number of carbonyl (C=O) groups is 2. The van der Waals surface area contributed by atoms with Gasteiger partial charge in [-0.1, -0.05) is 318 Å². The van der Waals surface area contributed by atoms with Gasteiger partial charge in [0.25, 0.3) is 0 Å². The fourth-order valence-electron chi connectivity index (χ4n) is 10.3. The zero-order valence-electron chi connectivity index (χ0n) is 51.4. The summed E-state index contributed by atoms with van der Waals surface area (Å²) in [5, 5.41) is 57.0. The van der Waals surface area contributed by atoms with Crippen LogP contribution in [0.25, 0.3) is 0 Å². The summed E-state index contributed by atoms with van der Waals surface area (Å²) in [6.07, 6.45) is 62.7. The van der Waals surface area contributed by atoms with Gasteiger partial charge in [0.2, 0.25) is 5.91 Å². The maximum Gasteiger partial charge on any atom is 0.306 e. The Kier molecular flexibility index (Phi) is 53.1. The topological polar surface area (TPSA) is 175 Å². The molecule has 11 nitrogen and oxygen atoms in total. The second-order valence-electron chi connectivity index (χ2n) is 23.0. The van der Waals surface area contributed by atoms with Gasteiger partial charge in [0.15, 0.2) is 12.4 Å². The van der Waals surface area contributed by atoms with Crippen LogP contribution >= 0.6 is 0 Å². The molecule has 1 aliphatic heterocycles. The van der Waals surface area contributed by atoms with Crippen LogP contribution in [-0.2, 0) is 23.8 Å². The van der Waals surface area contributed by atoms with E-state index in [1.165, 1.54) is 193 Å². The van der Waals surface area contributed by atoms with Gasteiger partial charge in [0, 0.05) is 6.42 Å². The fourth-order valence-corrected chi connectivity index (χ4v) is 10.3. The number of hydrogen-bond donors (Lipinski definition) is 6. The molecule has 0 spiro atoms. The highest BCUT2D eigenvalue weighted by Gasteiger charge is 2.47. The predicted octanol–water partition coefficient (Wildman–Crippen LogP) is 16.3. The van der Waals surface area contributed by atoms with Crippen molar-refractivity contribution in [3.63, 3.8) is 0 Å². The minimum absolute atomic E-state index is 0.0261. The van der Waals surface area contributed by atoms with E-state index in [4.69, 9.17) is 14.2 Å². The largest absolute Gasteiger partial charge is 0.454 e. The molecule has 0 radical (unpaired) electrons. The minimum atomic E-state index is -1.64. The number of unbranched alkanes of at least 4 members (excludes halogenated alkanes) is 36. The van der Waals surface area contributed by atoms with Gasteiger partial charge in [0.05, 0.1) is 25.4 Å². The third-order valence-electron chi connectivity index (χ3n) is 15.5. The van der Waals surface area contributed by atoms with Crippen LogP contribution in [0.4, 0.5) is 0 Å². The maximum atomic E-state index is 13.5. The monoisotopic (exact) mass is 1130 g/mol. The van der Waals surface area contributed by atoms with Crippen LogP contribution in [0.1, 0.15) is 290 Å². The van der Waals surface area contributed by atoms with Gasteiger partial charge in [0.1, 0.15) is 24.4 Å². The Bertz CT molecular complexity index is 1580. The van der Waals surface area contributed by atoms with Crippen molar-refractivity contribution in [1.29, 1.82) is 0 Å². The van der Waals surface area contributed by atoms with Crippen molar-refractivity contribution < 1.29 is 49.3 Å². The van der Waals surface area contributed by atoms with Gasteiger partial charge < -0.3 is 45.1 Å². The van der Waals surface area contributed by atoms with Gasteiger partial charge >= 0.3 is 5.97 Å². The van der Waals surface area contributed by atoms with Gasteiger partial charge in [-0.3, -0.25) is 9.59 Å². The molecule has 8 unspecified atom stereocenters. The van der Waals surface area contributed by atoms with E-state index in [-0.39, 0.29) is 19.4 Å². The van der Waals surface area contributed by atoms with Crippen LogP contribution in [-0.4, -0.2) is 99.6 Å². The van der Waals surface area contributed by atoms with E-state index in [0.717, 1.165) is 44.9 Å². The van der Waals surface area contributed by atoms with Crippen LogP contribution in [0.2, 0.25) is 0 Å². The highest BCUT2D eigenvalue weighted by molar-refractivity contribution is 5.80. The molecule has 0 aliphatic carbocycles. The lowest BCUT2D eigenvalue weighted by Gasteiger charge is -2.41. The average molecular weight is 1130 g/mol. The van der Waals surface area contributed by atoms with E-state index < -0.39 is 67.4 Å². The Hall–Kier alpha value is -2.90. The Morgan fingerprint density at radius 3 is 1.34 bits per heavy atom. The first-order valence-corrected chi connectivity index (χ1v) is 33.3. The Balaban J connectivity index is 2.58. The highest BCUT2D eigenvalue weighted by Crippen LogP contribution is 2.26. The van der Waals surface area contributed by atoms with Gasteiger partial charge in [-0.25, -0.2) is 0 Å². The molecule has 1 saturated heterocycles. The molecule has 0 saturated carbocycles. The number of esters is 1. The molecule has 80 heavy (non-hydrogen) atoms. The summed E-state index contributed by atoms with van der Waals surface area (Å²) in [6, 6.07) is -1.04. The first-order chi connectivity index (χ1) is 39.2. The third-order valence-corrected chi connectivity index (χ3v) is 15.5. The SMILES string of the molecule is CC/C=C/C=C/C=C\C=C/C=C/CCCC(=O)OC1C(OCC(NC(=O)C(O)CCCCCCCCCCCCCCCCCCCCCCCCCCCC)C(O)/C=C/CCCCCCCCCCCC)OC(CO)C(O)C1O. The highest BCUT2D eigenvalue weighted by atomic mass is 16.7. The minimum Gasteiger partial charge on any atom is -0.454 e. The van der Waals surface area contributed by atoms with Crippen LogP contribution in [0.5, 0.6) is 0 Å². The number of rotatable bonds is 56. The van der Waals surface area contributed by atoms with Crippen LogP contribution in [0.15, 0.2) is 72.9 Å². The molecule has 464 valence electrons. The number of ether oxygens (including phenoxy) is 3. The van der Waals surface area contributed by atoms with E-state index in [9.17, 15) is 35.1 Å².